The third kappa shape index (κ3) is 4.77. The van der Waals surface area contributed by atoms with Crippen molar-refractivity contribution in [2.24, 2.45) is 0 Å². The van der Waals surface area contributed by atoms with Gasteiger partial charge in [-0.1, -0.05) is 0 Å². The van der Waals surface area contributed by atoms with E-state index < -0.39 is 0 Å². The number of methoxy groups -OCH3 is 1. The van der Waals surface area contributed by atoms with E-state index >= 15 is 0 Å². The average Bonchev–Trinajstić information content (AvgIpc) is 2.61. The molecule has 0 aliphatic carbocycles. The van der Waals surface area contributed by atoms with Gasteiger partial charge >= 0.3 is 0 Å². The summed E-state index contributed by atoms with van der Waals surface area (Å²) in [6.45, 7) is 10.2. The number of aromatic nitrogens is 2. The number of hydrogen-bond donors (Lipinski definition) is 1. The van der Waals surface area contributed by atoms with E-state index in [2.05, 4.69) is 37.4 Å². The fourth-order valence-electron chi connectivity index (χ4n) is 1.30. The Morgan fingerprint density at radius 1 is 1.50 bits per heavy atom. The number of nitrogens with zero attached hydrogens (tertiary/aromatic N) is 2. The zero-order valence-electron chi connectivity index (χ0n) is 10.9. The van der Waals surface area contributed by atoms with Crippen LogP contribution in [0.1, 0.15) is 33.3 Å². The van der Waals surface area contributed by atoms with E-state index in [1.54, 1.807) is 7.11 Å². The molecule has 1 unspecified atom stereocenters. The molecule has 0 aliphatic rings. The SMILES string of the molecule is COC(C)Cn1cc(CNC(C)(C)C)cn1. The van der Waals surface area contributed by atoms with Crippen LogP contribution in [0.4, 0.5) is 0 Å². The Balaban J connectivity index is 2.45. The Kier molecular flexibility index (Phi) is 4.50. The summed E-state index contributed by atoms with van der Waals surface area (Å²) in [7, 11) is 1.72. The molecule has 4 heteroatoms. The second-order valence-corrected chi connectivity index (χ2v) is 5.22. The summed E-state index contributed by atoms with van der Waals surface area (Å²) in [5.74, 6) is 0. The fraction of sp³-hybridized carbons (Fsp3) is 0.750. The number of hydrogen-bond acceptors (Lipinski definition) is 3. The Hall–Kier alpha value is -0.870. The van der Waals surface area contributed by atoms with Gasteiger partial charge in [-0.15, -0.1) is 0 Å². The quantitative estimate of drug-likeness (QED) is 0.830. The van der Waals surface area contributed by atoms with E-state index in [-0.39, 0.29) is 11.6 Å². The van der Waals surface area contributed by atoms with Crippen molar-refractivity contribution in [2.45, 2.75) is 52.4 Å². The van der Waals surface area contributed by atoms with E-state index in [1.165, 1.54) is 5.56 Å². The molecular formula is C12H23N3O. The first-order chi connectivity index (χ1) is 7.40. The highest BCUT2D eigenvalue weighted by Crippen LogP contribution is 2.04. The minimum atomic E-state index is 0.141. The van der Waals surface area contributed by atoms with Crippen molar-refractivity contribution in [1.82, 2.24) is 15.1 Å². The molecule has 1 aromatic heterocycles. The zero-order chi connectivity index (χ0) is 12.2. The maximum Gasteiger partial charge on any atom is 0.0739 e. The molecule has 92 valence electrons. The standard InChI is InChI=1S/C12H23N3O/c1-10(16-5)8-15-9-11(7-14-15)6-13-12(2,3)4/h7,9-10,13H,6,8H2,1-5H3. The molecule has 0 fully saturated rings. The molecule has 0 saturated carbocycles. The van der Waals surface area contributed by atoms with Crippen LogP contribution < -0.4 is 5.32 Å². The van der Waals surface area contributed by atoms with Gasteiger partial charge in [0.05, 0.1) is 18.8 Å². The summed E-state index contributed by atoms with van der Waals surface area (Å²) < 4.78 is 7.13. The Morgan fingerprint density at radius 3 is 2.75 bits per heavy atom. The smallest absolute Gasteiger partial charge is 0.0739 e. The van der Waals surface area contributed by atoms with Gasteiger partial charge in [-0.05, 0) is 27.7 Å². The molecule has 1 atom stereocenters. The van der Waals surface area contributed by atoms with E-state index in [0.717, 1.165) is 13.1 Å². The topological polar surface area (TPSA) is 39.1 Å². The second kappa shape index (κ2) is 5.46. The molecular weight excluding hydrogens is 202 g/mol. The molecule has 1 aromatic rings. The molecule has 0 aliphatic heterocycles. The van der Waals surface area contributed by atoms with Gasteiger partial charge in [0, 0.05) is 31.0 Å². The van der Waals surface area contributed by atoms with Gasteiger partial charge in [0.15, 0.2) is 0 Å². The number of nitrogens with one attached hydrogen (secondary N) is 1. The minimum absolute atomic E-state index is 0.141. The van der Waals surface area contributed by atoms with Gasteiger partial charge in [0.1, 0.15) is 0 Å². The van der Waals surface area contributed by atoms with Crippen molar-refractivity contribution >= 4 is 0 Å². The van der Waals surface area contributed by atoms with Crippen molar-refractivity contribution in [3.05, 3.63) is 18.0 Å². The molecule has 0 aromatic carbocycles. The first-order valence-corrected chi connectivity index (χ1v) is 5.70. The monoisotopic (exact) mass is 225 g/mol. The van der Waals surface area contributed by atoms with Crippen LogP contribution in [-0.4, -0.2) is 28.5 Å². The molecule has 0 saturated heterocycles. The lowest BCUT2D eigenvalue weighted by molar-refractivity contribution is 0.0998. The third-order valence-corrected chi connectivity index (χ3v) is 2.36. The van der Waals surface area contributed by atoms with E-state index in [4.69, 9.17) is 4.74 Å². The molecule has 1 heterocycles. The Labute approximate surface area is 98.0 Å². The van der Waals surface area contributed by atoms with Crippen LogP contribution in [0, 0.1) is 0 Å². The third-order valence-electron chi connectivity index (χ3n) is 2.36. The molecule has 0 amide bonds. The van der Waals surface area contributed by atoms with Crippen molar-refractivity contribution in [1.29, 1.82) is 0 Å². The van der Waals surface area contributed by atoms with Crippen molar-refractivity contribution < 1.29 is 4.74 Å². The lowest BCUT2D eigenvalue weighted by atomic mass is 10.1. The number of rotatable bonds is 5. The minimum Gasteiger partial charge on any atom is -0.380 e. The zero-order valence-corrected chi connectivity index (χ0v) is 10.9. The summed E-state index contributed by atoms with van der Waals surface area (Å²) in [5, 5.41) is 7.74. The van der Waals surface area contributed by atoms with Gasteiger partial charge in [-0.25, -0.2) is 0 Å². The molecule has 16 heavy (non-hydrogen) atoms. The average molecular weight is 225 g/mol. The largest absolute Gasteiger partial charge is 0.380 e. The summed E-state index contributed by atoms with van der Waals surface area (Å²) >= 11 is 0. The van der Waals surface area contributed by atoms with Crippen LogP contribution in [0.25, 0.3) is 0 Å². The summed E-state index contributed by atoms with van der Waals surface area (Å²) in [4.78, 5) is 0. The first-order valence-electron chi connectivity index (χ1n) is 5.70. The van der Waals surface area contributed by atoms with Gasteiger partial charge in [0.25, 0.3) is 0 Å². The van der Waals surface area contributed by atoms with Crippen molar-refractivity contribution in [2.75, 3.05) is 7.11 Å². The Morgan fingerprint density at radius 2 is 2.19 bits per heavy atom. The summed E-state index contributed by atoms with van der Waals surface area (Å²) in [6, 6.07) is 0. The molecule has 1 N–H and O–H groups in total. The van der Waals surface area contributed by atoms with Gasteiger partial charge < -0.3 is 10.1 Å². The fourth-order valence-corrected chi connectivity index (χ4v) is 1.30. The molecule has 0 spiro atoms. The van der Waals surface area contributed by atoms with E-state index in [1.807, 2.05) is 17.8 Å². The maximum absolute atomic E-state index is 5.20. The normalized spacial score (nSPS) is 14.1. The van der Waals surface area contributed by atoms with E-state index in [9.17, 15) is 0 Å². The van der Waals surface area contributed by atoms with Crippen LogP contribution in [0.3, 0.4) is 0 Å². The molecule has 0 radical (unpaired) electrons. The summed E-state index contributed by atoms with van der Waals surface area (Å²) in [5.41, 5.74) is 1.35. The van der Waals surface area contributed by atoms with Crippen LogP contribution >= 0.6 is 0 Å². The van der Waals surface area contributed by atoms with Crippen LogP contribution in [0.5, 0.6) is 0 Å². The second-order valence-electron chi connectivity index (χ2n) is 5.22. The van der Waals surface area contributed by atoms with Crippen molar-refractivity contribution in [3.63, 3.8) is 0 Å². The van der Waals surface area contributed by atoms with Gasteiger partial charge in [-0.3, -0.25) is 4.68 Å². The first kappa shape index (κ1) is 13.2. The molecule has 0 bridgehead atoms. The summed E-state index contributed by atoms with van der Waals surface area (Å²) in [6.07, 6.45) is 4.17. The van der Waals surface area contributed by atoms with Crippen LogP contribution in [-0.2, 0) is 17.8 Å². The predicted molar refractivity (Wildman–Crippen MR) is 65.3 cm³/mol. The molecule has 1 rings (SSSR count). The van der Waals surface area contributed by atoms with Crippen molar-refractivity contribution in [3.8, 4) is 0 Å². The van der Waals surface area contributed by atoms with Gasteiger partial charge in [-0.2, -0.15) is 5.10 Å². The lowest BCUT2D eigenvalue weighted by Gasteiger charge is -2.19. The van der Waals surface area contributed by atoms with Crippen LogP contribution in [0.15, 0.2) is 12.4 Å². The van der Waals surface area contributed by atoms with Crippen LogP contribution in [0.2, 0.25) is 0 Å². The number of ether oxygens (including phenoxy) is 1. The highest BCUT2D eigenvalue weighted by atomic mass is 16.5. The van der Waals surface area contributed by atoms with Gasteiger partial charge in [0.2, 0.25) is 0 Å². The maximum atomic E-state index is 5.20. The highest BCUT2D eigenvalue weighted by molar-refractivity contribution is 5.04. The highest BCUT2D eigenvalue weighted by Gasteiger charge is 2.09. The Bertz CT molecular complexity index is 314. The lowest BCUT2D eigenvalue weighted by Crippen LogP contribution is -2.34. The van der Waals surface area contributed by atoms with E-state index in [0.29, 0.717) is 0 Å². The molecule has 4 nitrogen and oxygen atoms in total. The predicted octanol–water partition coefficient (Wildman–Crippen LogP) is 1.81.